The predicted molar refractivity (Wildman–Crippen MR) is 130 cm³/mol. The van der Waals surface area contributed by atoms with Crippen molar-refractivity contribution < 1.29 is 9.53 Å². The van der Waals surface area contributed by atoms with Crippen molar-refractivity contribution in [1.29, 1.82) is 0 Å². The maximum absolute atomic E-state index is 13.0. The number of hydrogen-bond donors (Lipinski definition) is 1. The molecule has 4 rings (SSSR count). The molecule has 2 aromatic carbocycles. The molecule has 2 heterocycles. The molecule has 1 unspecified atom stereocenters. The number of carbonyl (C=O) groups is 1. The molecule has 9 heteroatoms. The van der Waals surface area contributed by atoms with Crippen molar-refractivity contribution in [2.45, 2.75) is 30.4 Å². The van der Waals surface area contributed by atoms with Gasteiger partial charge in [0.15, 0.2) is 4.34 Å². The largest absolute Gasteiger partial charge is 0.494 e. The minimum Gasteiger partial charge on any atom is -0.494 e. The Bertz CT molecular complexity index is 1320. The van der Waals surface area contributed by atoms with Crippen LogP contribution in [-0.2, 0) is 11.8 Å². The molecule has 0 fully saturated rings. The van der Waals surface area contributed by atoms with Crippen LogP contribution in [0.4, 0.5) is 5.69 Å². The van der Waals surface area contributed by atoms with Crippen LogP contribution in [0.15, 0.2) is 57.7 Å². The zero-order valence-corrected chi connectivity index (χ0v) is 19.9. The molecule has 4 aromatic rings. The van der Waals surface area contributed by atoms with Gasteiger partial charge in [-0.05, 0) is 51.1 Å². The molecular formula is C23H24N4O3S2. The number of aromatic nitrogens is 3. The summed E-state index contributed by atoms with van der Waals surface area (Å²) in [6.07, 6.45) is 0. The highest BCUT2D eigenvalue weighted by Crippen LogP contribution is 2.34. The van der Waals surface area contributed by atoms with E-state index < -0.39 is 5.25 Å². The number of anilines is 1. The van der Waals surface area contributed by atoms with Crippen LogP contribution in [0.2, 0.25) is 0 Å². The number of carbonyl (C=O) groups excluding carboxylic acids is 1. The van der Waals surface area contributed by atoms with Crippen LogP contribution < -0.4 is 15.6 Å². The maximum atomic E-state index is 13.0. The van der Waals surface area contributed by atoms with Gasteiger partial charge in [0, 0.05) is 7.05 Å². The minimum atomic E-state index is -0.425. The Balaban J connectivity index is 1.52. The fourth-order valence-corrected chi connectivity index (χ4v) is 5.57. The third-order valence-corrected chi connectivity index (χ3v) is 7.31. The van der Waals surface area contributed by atoms with E-state index in [-0.39, 0.29) is 11.5 Å². The van der Waals surface area contributed by atoms with Crippen LogP contribution in [-0.4, -0.2) is 32.1 Å². The van der Waals surface area contributed by atoms with Crippen LogP contribution in [0, 0.1) is 6.92 Å². The Hall–Kier alpha value is -3.04. The van der Waals surface area contributed by atoms with Crippen LogP contribution in [0.5, 0.6) is 5.75 Å². The molecule has 0 saturated heterocycles. The smallest absolute Gasteiger partial charge is 0.295 e. The number of para-hydroxylation sites is 1. The van der Waals surface area contributed by atoms with Gasteiger partial charge < -0.3 is 10.1 Å². The Morgan fingerprint density at radius 3 is 2.72 bits per heavy atom. The van der Waals surface area contributed by atoms with E-state index in [0.717, 1.165) is 26.0 Å². The molecule has 0 aliphatic rings. The molecule has 32 heavy (non-hydrogen) atoms. The van der Waals surface area contributed by atoms with Crippen molar-refractivity contribution in [3.8, 4) is 11.4 Å². The van der Waals surface area contributed by atoms with Gasteiger partial charge in [0.2, 0.25) is 5.91 Å². The molecule has 7 nitrogen and oxygen atoms in total. The number of amides is 1. The fraction of sp³-hybridized carbons (Fsp3) is 0.261. The molecule has 0 aliphatic carbocycles. The molecule has 1 amide bonds. The summed E-state index contributed by atoms with van der Waals surface area (Å²) in [5.41, 5.74) is 2.34. The van der Waals surface area contributed by atoms with Crippen LogP contribution in [0.3, 0.4) is 0 Å². The molecule has 0 aliphatic heterocycles. The topological polar surface area (TPSA) is 78.2 Å². The fourth-order valence-electron chi connectivity index (χ4n) is 3.33. The number of ether oxygens (including phenoxy) is 1. The van der Waals surface area contributed by atoms with Crippen LogP contribution >= 0.6 is 23.1 Å². The zero-order valence-electron chi connectivity index (χ0n) is 18.3. The maximum Gasteiger partial charge on any atom is 0.295 e. The Kier molecular flexibility index (Phi) is 6.38. The normalized spacial score (nSPS) is 12.1. The molecule has 1 atom stereocenters. The molecule has 0 spiro atoms. The Morgan fingerprint density at radius 2 is 2.00 bits per heavy atom. The van der Waals surface area contributed by atoms with E-state index in [4.69, 9.17) is 4.74 Å². The van der Waals surface area contributed by atoms with Crippen LogP contribution in [0.25, 0.3) is 15.9 Å². The highest BCUT2D eigenvalue weighted by molar-refractivity contribution is 8.02. The number of hydrogen-bond acceptors (Lipinski definition) is 6. The van der Waals surface area contributed by atoms with E-state index in [2.05, 4.69) is 10.3 Å². The minimum absolute atomic E-state index is 0.240. The predicted octanol–water partition coefficient (Wildman–Crippen LogP) is 4.61. The monoisotopic (exact) mass is 468 g/mol. The number of thiazole rings is 1. The van der Waals surface area contributed by atoms with E-state index in [1.807, 2.05) is 69.3 Å². The summed E-state index contributed by atoms with van der Waals surface area (Å²) in [7, 11) is 1.80. The molecule has 1 N–H and O–H groups in total. The Labute approximate surface area is 194 Å². The number of nitrogens with zero attached hydrogens (tertiary/aromatic N) is 3. The summed E-state index contributed by atoms with van der Waals surface area (Å²) >= 11 is 2.90. The summed E-state index contributed by atoms with van der Waals surface area (Å²) < 4.78 is 10.6. The second-order valence-electron chi connectivity index (χ2n) is 7.23. The average molecular weight is 469 g/mol. The summed E-state index contributed by atoms with van der Waals surface area (Å²) in [6.45, 7) is 6.18. The number of fused-ring (bicyclic) bond motifs is 1. The molecular weight excluding hydrogens is 444 g/mol. The zero-order chi connectivity index (χ0) is 22.8. The van der Waals surface area contributed by atoms with Gasteiger partial charge in [0.1, 0.15) is 11.4 Å². The van der Waals surface area contributed by atoms with E-state index >= 15 is 0 Å². The van der Waals surface area contributed by atoms with Gasteiger partial charge in [-0.2, -0.15) is 0 Å². The van der Waals surface area contributed by atoms with E-state index in [0.29, 0.717) is 18.0 Å². The number of nitrogens with one attached hydrogen (secondary N) is 1. The van der Waals surface area contributed by atoms with E-state index in [9.17, 15) is 9.59 Å². The molecule has 0 bridgehead atoms. The van der Waals surface area contributed by atoms with Gasteiger partial charge in [-0.15, -0.1) is 11.3 Å². The second-order valence-corrected chi connectivity index (χ2v) is 9.85. The first-order valence-electron chi connectivity index (χ1n) is 10.2. The highest BCUT2D eigenvalue weighted by atomic mass is 32.2. The molecule has 2 aromatic heterocycles. The van der Waals surface area contributed by atoms with Gasteiger partial charge in [-0.3, -0.25) is 14.3 Å². The molecule has 0 radical (unpaired) electrons. The van der Waals surface area contributed by atoms with Gasteiger partial charge in [-0.1, -0.05) is 30.0 Å². The van der Waals surface area contributed by atoms with Crippen molar-refractivity contribution in [2.75, 3.05) is 11.9 Å². The standard InChI is InChI=1S/C23H24N4O3S2/c1-5-30-17-11-12-18-19(13-17)32-23(24-18)31-15(3)21(28)25-20-14(2)26(4)27(22(20)29)16-9-7-6-8-10-16/h6-13,15H,5H2,1-4H3,(H,25,28). The molecule has 0 saturated carbocycles. The van der Waals surface area contributed by atoms with Crippen molar-refractivity contribution in [3.63, 3.8) is 0 Å². The van der Waals surface area contributed by atoms with Gasteiger partial charge >= 0.3 is 0 Å². The third kappa shape index (κ3) is 4.31. The first-order chi connectivity index (χ1) is 15.4. The van der Waals surface area contributed by atoms with Crippen molar-refractivity contribution in [1.82, 2.24) is 14.3 Å². The lowest BCUT2D eigenvalue weighted by Crippen LogP contribution is -2.27. The third-order valence-electron chi connectivity index (χ3n) is 5.10. The van der Waals surface area contributed by atoms with Crippen molar-refractivity contribution in [3.05, 3.63) is 64.6 Å². The summed E-state index contributed by atoms with van der Waals surface area (Å²) in [6, 6.07) is 15.1. The first-order valence-corrected chi connectivity index (χ1v) is 11.9. The van der Waals surface area contributed by atoms with E-state index in [1.165, 1.54) is 23.1 Å². The summed E-state index contributed by atoms with van der Waals surface area (Å²) in [4.78, 5) is 30.5. The van der Waals surface area contributed by atoms with Crippen molar-refractivity contribution >= 4 is 44.9 Å². The van der Waals surface area contributed by atoms with Gasteiger partial charge in [0.05, 0.1) is 33.5 Å². The highest BCUT2D eigenvalue weighted by Gasteiger charge is 2.22. The Morgan fingerprint density at radius 1 is 1.25 bits per heavy atom. The number of benzene rings is 2. The molecule has 166 valence electrons. The number of rotatable bonds is 7. The van der Waals surface area contributed by atoms with Gasteiger partial charge in [-0.25, -0.2) is 9.67 Å². The van der Waals surface area contributed by atoms with Crippen molar-refractivity contribution in [2.24, 2.45) is 7.05 Å². The average Bonchev–Trinajstić information content (AvgIpc) is 3.27. The first kappa shape index (κ1) is 22.2. The summed E-state index contributed by atoms with van der Waals surface area (Å²) in [5.74, 6) is 0.565. The SMILES string of the molecule is CCOc1ccc2nc(SC(C)C(=O)Nc3c(C)n(C)n(-c4ccccc4)c3=O)sc2c1. The summed E-state index contributed by atoms with van der Waals surface area (Å²) in [5, 5.41) is 2.41. The lowest BCUT2D eigenvalue weighted by Gasteiger charge is -2.09. The second kappa shape index (κ2) is 9.22. The van der Waals surface area contributed by atoms with E-state index in [1.54, 1.807) is 16.4 Å². The van der Waals surface area contributed by atoms with Gasteiger partial charge in [0.25, 0.3) is 5.56 Å². The lowest BCUT2D eigenvalue weighted by molar-refractivity contribution is -0.115. The van der Waals surface area contributed by atoms with Crippen LogP contribution in [0.1, 0.15) is 19.5 Å². The lowest BCUT2D eigenvalue weighted by atomic mass is 10.3. The quantitative estimate of drug-likeness (QED) is 0.401. The number of thioether (sulfide) groups is 1.